The Bertz CT molecular complexity index is 713. The monoisotopic (exact) mass is 372 g/mol. The van der Waals surface area contributed by atoms with Gasteiger partial charge in [-0.1, -0.05) is 18.2 Å². The quantitative estimate of drug-likeness (QED) is 0.616. The zero-order valence-electron chi connectivity index (χ0n) is 15.9. The molecule has 0 radical (unpaired) electrons. The van der Waals surface area contributed by atoms with Gasteiger partial charge in [-0.05, 0) is 38.8 Å². The first-order valence-electron chi connectivity index (χ1n) is 9.47. The highest BCUT2D eigenvalue weighted by Crippen LogP contribution is 2.25. The van der Waals surface area contributed by atoms with E-state index >= 15 is 0 Å². The molecule has 1 aliphatic heterocycles. The zero-order valence-corrected chi connectivity index (χ0v) is 15.9. The van der Waals surface area contributed by atoms with Crippen LogP contribution < -0.4 is 20.3 Å². The van der Waals surface area contributed by atoms with Crippen molar-refractivity contribution in [3.05, 3.63) is 30.3 Å². The lowest BCUT2D eigenvalue weighted by molar-refractivity contribution is 0.288. The molecule has 1 aromatic carbocycles. The third-order valence-electron chi connectivity index (χ3n) is 4.26. The van der Waals surface area contributed by atoms with Crippen molar-refractivity contribution in [2.24, 2.45) is 0 Å². The molecule has 1 saturated heterocycles. The van der Waals surface area contributed by atoms with Crippen LogP contribution >= 0.6 is 0 Å². The van der Waals surface area contributed by atoms with Gasteiger partial charge >= 0.3 is 0 Å². The average Bonchev–Trinajstić information content (AvgIpc) is 3.13. The number of para-hydroxylation sites is 1. The Labute approximate surface area is 160 Å². The number of nitrogens with one attached hydrogen (secondary N) is 2. The lowest BCUT2D eigenvalue weighted by atomic mass is 10.2. The molecule has 3 N–H and O–H groups in total. The number of benzene rings is 1. The van der Waals surface area contributed by atoms with Crippen molar-refractivity contribution in [2.75, 3.05) is 41.8 Å². The first kappa shape index (κ1) is 19.2. The van der Waals surface area contributed by atoms with E-state index in [4.69, 9.17) is 9.84 Å². The molecular weight excluding hydrogens is 344 g/mol. The normalized spacial score (nSPS) is 16.6. The molecule has 2 aromatic rings. The van der Waals surface area contributed by atoms with Crippen LogP contribution in [0.25, 0.3) is 0 Å². The maximum atomic E-state index is 9.07. The van der Waals surface area contributed by atoms with Gasteiger partial charge in [0, 0.05) is 19.1 Å². The summed E-state index contributed by atoms with van der Waals surface area (Å²) < 4.78 is 5.95. The number of hydrogen-bond donors (Lipinski definition) is 3. The van der Waals surface area contributed by atoms with Crippen molar-refractivity contribution in [3.8, 4) is 5.75 Å². The van der Waals surface area contributed by atoms with Crippen LogP contribution in [-0.4, -0.2) is 58.4 Å². The van der Waals surface area contributed by atoms with E-state index < -0.39 is 0 Å². The molecule has 2 heterocycles. The van der Waals surface area contributed by atoms with Gasteiger partial charge in [0.2, 0.25) is 17.8 Å². The summed E-state index contributed by atoms with van der Waals surface area (Å²) in [5.74, 6) is 2.50. The zero-order chi connectivity index (χ0) is 19.1. The largest absolute Gasteiger partial charge is 0.491 e. The fraction of sp³-hybridized carbons (Fsp3) is 0.526. The third-order valence-corrected chi connectivity index (χ3v) is 4.26. The second kappa shape index (κ2) is 9.36. The first-order chi connectivity index (χ1) is 13.2. The molecule has 0 amide bonds. The van der Waals surface area contributed by atoms with Gasteiger partial charge in [-0.15, -0.1) is 0 Å². The first-order valence-corrected chi connectivity index (χ1v) is 9.47. The van der Waals surface area contributed by atoms with Crippen molar-refractivity contribution in [1.29, 1.82) is 0 Å². The van der Waals surface area contributed by atoms with Gasteiger partial charge in [0.1, 0.15) is 12.4 Å². The van der Waals surface area contributed by atoms with Gasteiger partial charge < -0.3 is 25.4 Å². The maximum Gasteiger partial charge on any atom is 0.232 e. The lowest BCUT2D eigenvalue weighted by Crippen LogP contribution is -2.36. The highest BCUT2D eigenvalue weighted by Gasteiger charge is 2.28. The van der Waals surface area contributed by atoms with Crippen LogP contribution in [0.3, 0.4) is 0 Å². The Morgan fingerprint density at radius 2 is 1.96 bits per heavy atom. The fourth-order valence-corrected chi connectivity index (χ4v) is 3.04. The molecule has 1 atom stereocenters. The van der Waals surface area contributed by atoms with Crippen LogP contribution in [0.5, 0.6) is 5.75 Å². The molecule has 0 spiro atoms. The summed E-state index contributed by atoms with van der Waals surface area (Å²) in [6.45, 7) is 5.96. The van der Waals surface area contributed by atoms with Crippen LogP contribution in [0.1, 0.15) is 26.7 Å². The van der Waals surface area contributed by atoms with Gasteiger partial charge in [-0.3, -0.25) is 0 Å². The van der Waals surface area contributed by atoms with Crippen molar-refractivity contribution in [2.45, 2.75) is 38.8 Å². The predicted molar refractivity (Wildman–Crippen MR) is 106 cm³/mol. The van der Waals surface area contributed by atoms with E-state index in [2.05, 4.69) is 30.5 Å². The molecule has 0 saturated carbocycles. The van der Waals surface area contributed by atoms with Crippen molar-refractivity contribution < 1.29 is 9.84 Å². The summed E-state index contributed by atoms with van der Waals surface area (Å²) in [4.78, 5) is 15.7. The molecule has 146 valence electrons. The van der Waals surface area contributed by atoms with Gasteiger partial charge in [0.25, 0.3) is 0 Å². The SMILES string of the molecule is CC(C)Nc1nc(NCCO)nc(N2CCC[C@H]2COc2ccccc2)n1. The second-order valence-electron chi connectivity index (χ2n) is 6.85. The fourth-order valence-electron chi connectivity index (χ4n) is 3.04. The number of aliphatic hydroxyl groups is 1. The van der Waals surface area contributed by atoms with Crippen molar-refractivity contribution in [1.82, 2.24) is 15.0 Å². The number of aliphatic hydroxyl groups excluding tert-OH is 1. The summed E-state index contributed by atoms with van der Waals surface area (Å²) in [5, 5.41) is 15.3. The number of hydrogen-bond acceptors (Lipinski definition) is 8. The molecule has 0 aliphatic carbocycles. The molecule has 27 heavy (non-hydrogen) atoms. The third kappa shape index (κ3) is 5.43. The van der Waals surface area contributed by atoms with E-state index in [9.17, 15) is 0 Å². The molecule has 0 bridgehead atoms. The Kier molecular flexibility index (Phi) is 6.64. The number of rotatable bonds is 9. The Hall–Kier alpha value is -2.61. The van der Waals surface area contributed by atoms with Crippen molar-refractivity contribution >= 4 is 17.8 Å². The standard InChI is InChI=1S/C19H28N6O2/c1-14(2)21-18-22-17(20-10-12-26)23-19(24-18)25-11-6-7-15(25)13-27-16-8-4-3-5-9-16/h3-5,8-9,14-15,26H,6-7,10-13H2,1-2H3,(H2,20,21,22,23,24)/t15-/m0/s1. The van der Waals surface area contributed by atoms with E-state index in [0.29, 0.717) is 31.0 Å². The summed E-state index contributed by atoms with van der Waals surface area (Å²) in [5.41, 5.74) is 0. The van der Waals surface area contributed by atoms with Crippen molar-refractivity contribution in [3.63, 3.8) is 0 Å². The number of aromatic nitrogens is 3. The predicted octanol–water partition coefficient (Wildman–Crippen LogP) is 2.14. The molecular formula is C19H28N6O2. The van der Waals surface area contributed by atoms with Gasteiger partial charge in [-0.2, -0.15) is 15.0 Å². The minimum atomic E-state index is 0.0191. The highest BCUT2D eigenvalue weighted by molar-refractivity contribution is 5.45. The molecule has 3 rings (SSSR count). The van der Waals surface area contributed by atoms with Gasteiger partial charge in [0.05, 0.1) is 12.6 Å². The lowest BCUT2D eigenvalue weighted by Gasteiger charge is -2.25. The highest BCUT2D eigenvalue weighted by atomic mass is 16.5. The number of ether oxygens (including phenoxy) is 1. The smallest absolute Gasteiger partial charge is 0.232 e. The van der Waals surface area contributed by atoms with Crippen LogP contribution in [0.2, 0.25) is 0 Å². The van der Waals surface area contributed by atoms with E-state index in [1.165, 1.54) is 0 Å². The van der Waals surface area contributed by atoms with Crippen LogP contribution in [0.4, 0.5) is 17.8 Å². The van der Waals surface area contributed by atoms with Gasteiger partial charge in [0.15, 0.2) is 0 Å². The number of anilines is 3. The average molecular weight is 372 g/mol. The molecule has 1 aliphatic rings. The van der Waals surface area contributed by atoms with E-state index in [1.807, 2.05) is 44.2 Å². The molecule has 0 unspecified atom stereocenters. The topological polar surface area (TPSA) is 95.4 Å². The summed E-state index contributed by atoms with van der Waals surface area (Å²) in [7, 11) is 0. The van der Waals surface area contributed by atoms with E-state index in [-0.39, 0.29) is 18.7 Å². The minimum absolute atomic E-state index is 0.0191. The summed E-state index contributed by atoms with van der Waals surface area (Å²) >= 11 is 0. The summed E-state index contributed by atoms with van der Waals surface area (Å²) in [6.07, 6.45) is 2.10. The second-order valence-corrected chi connectivity index (χ2v) is 6.85. The van der Waals surface area contributed by atoms with E-state index in [0.717, 1.165) is 25.1 Å². The van der Waals surface area contributed by atoms with E-state index in [1.54, 1.807) is 0 Å². The van der Waals surface area contributed by atoms with Gasteiger partial charge in [-0.25, -0.2) is 0 Å². The Morgan fingerprint density at radius 3 is 2.70 bits per heavy atom. The molecule has 1 aromatic heterocycles. The maximum absolute atomic E-state index is 9.07. The Morgan fingerprint density at radius 1 is 1.19 bits per heavy atom. The molecule has 8 heteroatoms. The van der Waals surface area contributed by atoms with Crippen LogP contribution in [-0.2, 0) is 0 Å². The van der Waals surface area contributed by atoms with Crippen LogP contribution in [0, 0.1) is 0 Å². The summed E-state index contributed by atoms with van der Waals surface area (Å²) in [6, 6.07) is 10.3. The Balaban J connectivity index is 1.75. The number of nitrogens with zero attached hydrogens (tertiary/aromatic N) is 4. The van der Waals surface area contributed by atoms with Crippen LogP contribution in [0.15, 0.2) is 30.3 Å². The minimum Gasteiger partial charge on any atom is -0.491 e. The molecule has 1 fully saturated rings. The molecule has 8 nitrogen and oxygen atoms in total.